The summed E-state index contributed by atoms with van der Waals surface area (Å²) in [6.45, 7) is 2.20. The van der Waals surface area contributed by atoms with Gasteiger partial charge in [0.25, 0.3) is 5.79 Å². The average molecular weight is 1460 g/mol. The largest absolute Gasteiger partial charge is 0.477 e. The van der Waals surface area contributed by atoms with Gasteiger partial charge in [0.05, 0.1) is 50.7 Å². The lowest BCUT2D eigenvalue weighted by molar-refractivity contribution is -0.386. The molecular weight excluding hydrogens is 1310 g/mol. The van der Waals surface area contributed by atoms with Gasteiger partial charge in [0.2, 0.25) is 11.8 Å². The number of aliphatic hydroxyl groups is 11. The van der Waals surface area contributed by atoms with Crippen molar-refractivity contribution in [3.8, 4) is 0 Å². The third kappa shape index (κ3) is 38.5. The van der Waals surface area contributed by atoms with Crippen LogP contribution in [0.1, 0.15) is 335 Å². The molecule has 600 valence electrons. The molecule has 0 radical (unpaired) electrons. The van der Waals surface area contributed by atoms with Gasteiger partial charge in [-0.1, -0.05) is 309 Å². The van der Waals surface area contributed by atoms with Crippen LogP contribution in [-0.4, -0.2) is 215 Å². The number of carbonyl (C=O) groups is 3. The average Bonchev–Trinajstić information content (AvgIpc) is 0.755. The van der Waals surface area contributed by atoms with Crippen LogP contribution in [0.2, 0.25) is 0 Å². The van der Waals surface area contributed by atoms with Gasteiger partial charge in [0, 0.05) is 19.8 Å². The van der Waals surface area contributed by atoms with Crippen molar-refractivity contribution in [2.45, 2.75) is 445 Å². The summed E-state index contributed by atoms with van der Waals surface area (Å²) in [5.41, 5.74) is 0. The Hall–Kier alpha value is -2.53. The number of amides is 2. The summed E-state index contributed by atoms with van der Waals surface area (Å²) >= 11 is 0. The first-order valence-corrected chi connectivity index (χ1v) is 41.1. The lowest BCUT2D eigenvalue weighted by atomic mass is 9.88. The van der Waals surface area contributed by atoms with Crippen molar-refractivity contribution in [3.63, 3.8) is 0 Å². The molecule has 102 heavy (non-hydrogen) atoms. The fourth-order valence-corrected chi connectivity index (χ4v) is 14.5. The molecule has 0 saturated carbocycles. The van der Waals surface area contributed by atoms with Gasteiger partial charge in [0.15, 0.2) is 12.6 Å². The first-order valence-electron chi connectivity index (χ1n) is 41.1. The molecule has 0 aromatic rings. The van der Waals surface area contributed by atoms with Gasteiger partial charge in [-0.25, -0.2) is 4.79 Å². The van der Waals surface area contributed by atoms with E-state index in [1.807, 2.05) is 6.08 Å². The lowest BCUT2D eigenvalue weighted by Gasteiger charge is -2.50. The standard InChI is InChI=1S/C79H148N2O21/c1-4-6-8-10-12-14-16-18-20-22-24-25-26-27-28-29-30-31-32-33-35-37-39-41-43-45-47-49-51-53-66(89)81-60(61(86)52-50-48-46-44-42-40-38-36-34-23-21-19-17-15-13-11-9-7-5-2)58-97-76-71(93)70(92)73(65(57-84)99-76)100-77-72(94)75(69(91)64(56-83)98-77)102-79(78(95)96)54-62(87)67(80-59(3)85)74(101-79)68(90)63(88)55-82/h50,52,60-65,67-77,82-84,86-88,90-94H,4-49,51,53-58H2,1-3H3,(H,80,85)(H,81,89)(H,95,96)/b52-50+. The van der Waals surface area contributed by atoms with E-state index in [9.17, 15) is 75.7 Å². The van der Waals surface area contributed by atoms with Gasteiger partial charge in [-0.05, 0) is 19.3 Å². The number of unbranched alkanes of at least 4 members (excludes halogenated alkanes) is 45. The van der Waals surface area contributed by atoms with E-state index in [0.717, 1.165) is 51.9 Å². The van der Waals surface area contributed by atoms with Crippen LogP contribution >= 0.6 is 0 Å². The topological polar surface area (TPSA) is 373 Å². The van der Waals surface area contributed by atoms with E-state index in [1.165, 1.54) is 244 Å². The van der Waals surface area contributed by atoms with Gasteiger partial charge >= 0.3 is 5.97 Å². The maximum absolute atomic E-state index is 13.5. The third-order valence-corrected chi connectivity index (χ3v) is 21.0. The zero-order valence-corrected chi connectivity index (χ0v) is 63.5. The Morgan fingerprint density at radius 3 is 1.30 bits per heavy atom. The van der Waals surface area contributed by atoms with E-state index >= 15 is 0 Å². The molecule has 0 aliphatic carbocycles. The SMILES string of the molecule is CCCCCCCCCCCCCCCCCCC/C=C/C(O)C(COC1OC(CO)C(OC2OC(CO)C(O)C(OC3(C(=O)O)CC(O)C(NC(C)=O)C(C(O)C(O)CO)O3)C2O)C(O)C1O)NC(=O)CCCCCCCCCCCCCCCCCCCCCCCCCCCCCCC. The van der Waals surface area contributed by atoms with Crippen LogP contribution < -0.4 is 10.6 Å². The van der Waals surface area contributed by atoms with Gasteiger partial charge in [-0.3, -0.25) is 9.59 Å². The predicted molar refractivity (Wildman–Crippen MR) is 394 cm³/mol. The number of hydrogen-bond donors (Lipinski definition) is 14. The minimum Gasteiger partial charge on any atom is -0.477 e. The Morgan fingerprint density at radius 2 is 0.912 bits per heavy atom. The lowest BCUT2D eigenvalue weighted by Crippen LogP contribution is -2.70. The molecule has 14 N–H and O–H groups in total. The van der Waals surface area contributed by atoms with Crippen LogP contribution in [-0.2, 0) is 42.8 Å². The molecular formula is C79H148N2O21. The first kappa shape index (κ1) is 93.7. The van der Waals surface area contributed by atoms with E-state index in [4.69, 9.17) is 28.4 Å². The summed E-state index contributed by atoms with van der Waals surface area (Å²) < 4.78 is 34.9. The van der Waals surface area contributed by atoms with E-state index in [2.05, 4.69) is 24.5 Å². The minimum atomic E-state index is -3.08. The molecule has 3 fully saturated rings. The van der Waals surface area contributed by atoms with Crippen molar-refractivity contribution in [2.24, 2.45) is 0 Å². The second kappa shape index (κ2) is 58.5. The molecule has 0 aromatic carbocycles. The molecule has 3 heterocycles. The highest BCUT2D eigenvalue weighted by Crippen LogP contribution is 2.39. The molecule has 18 unspecified atom stereocenters. The monoisotopic (exact) mass is 1460 g/mol. The Kier molecular flexibility index (Phi) is 53.7. The number of hydrogen-bond acceptors (Lipinski definition) is 20. The molecule has 3 aliphatic heterocycles. The van der Waals surface area contributed by atoms with E-state index < -0.39 is 155 Å². The molecule has 3 rings (SSSR count). The smallest absolute Gasteiger partial charge is 0.364 e. The van der Waals surface area contributed by atoms with E-state index in [1.54, 1.807) is 6.08 Å². The van der Waals surface area contributed by atoms with Crippen LogP contribution in [0.4, 0.5) is 0 Å². The Bertz CT molecular complexity index is 2080. The normalized spacial score (nSPS) is 26.7. The van der Waals surface area contributed by atoms with Gasteiger partial charge in [-0.15, -0.1) is 0 Å². The maximum Gasteiger partial charge on any atom is 0.364 e. The Labute approximate surface area is 613 Å². The predicted octanol–water partition coefficient (Wildman–Crippen LogP) is 11.0. The van der Waals surface area contributed by atoms with Crippen molar-refractivity contribution < 1.29 is 104 Å². The summed E-state index contributed by atoms with van der Waals surface area (Å²) in [6, 6.07) is -2.62. The number of carbonyl (C=O) groups excluding carboxylic acids is 2. The minimum absolute atomic E-state index is 0.206. The second-order valence-electron chi connectivity index (χ2n) is 30.0. The summed E-state index contributed by atoms with van der Waals surface area (Å²) in [5.74, 6) is -6.13. The highest BCUT2D eigenvalue weighted by Gasteiger charge is 2.60. The van der Waals surface area contributed by atoms with Crippen molar-refractivity contribution in [1.82, 2.24) is 10.6 Å². The second-order valence-corrected chi connectivity index (χ2v) is 30.0. The fourth-order valence-electron chi connectivity index (χ4n) is 14.5. The number of aliphatic carboxylic acids is 1. The van der Waals surface area contributed by atoms with Crippen molar-refractivity contribution in [1.29, 1.82) is 0 Å². The van der Waals surface area contributed by atoms with Crippen LogP contribution in [0, 0.1) is 0 Å². The quantitative estimate of drug-likeness (QED) is 0.0199. The molecule has 0 aromatic heterocycles. The summed E-state index contributed by atoms with van der Waals surface area (Å²) in [5, 5.41) is 136. The van der Waals surface area contributed by atoms with E-state index in [-0.39, 0.29) is 12.3 Å². The van der Waals surface area contributed by atoms with Crippen molar-refractivity contribution in [3.05, 3.63) is 12.2 Å². The Balaban J connectivity index is 1.49. The first-order chi connectivity index (χ1) is 49.4. The van der Waals surface area contributed by atoms with E-state index in [0.29, 0.717) is 12.8 Å². The molecule has 3 saturated heterocycles. The van der Waals surface area contributed by atoms with Crippen LogP contribution in [0.5, 0.6) is 0 Å². The zero-order chi connectivity index (χ0) is 74.6. The summed E-state index contributed by atoms with van der Waals surface area (Å²) in [7, 11) is 0. The highest BCUT2D eigenvalue weighted by molar-refractivity contribution is 5.77. The molecule has 0 spiro atoms. The third-order valence-electron chi connectivity index (χ3n) is 21.0. The summed E-state index contributed by atoms with van der Waals surface area (Å²) in [6.07, 6.45) is 34.0. The van der Waals surface area contributed by atoms with Crippen molar-refractivity contribution >= 4 is 17.8 Å². The van der Waals surface area contributed by atoms with Crippen LogP contribution in [0.3, 0.4) is 0 Å². The zero-order valence-electron chi connectivity index (χ0n) is 63.5. The number of carboxylic acid groups (broad SMARTS) is 1. The van der Waals surface area contributed by atoms with Crippen molar-refractivity contribution in [2.75, 3.05) is 26.4 Å². The molecule has 23 nitrogen and oxygen atoms in total. The highest BCUT2D eigenvalue weighted by atomic mass is 16.8. The molecule has 0 bridgehead atoms. The number of aliphatic hydroxyl groups excluding tert-OH is 11. The molecule has 3 aliphatic rings. The maximum atomic E-state index is 13.5. The van der Waals surface area contributed by atoms with Gasteiger partial charge in [-0.2, -0.15) is 0 Å². The molecule has 18 atom stereocenters. The van der Waals surface area contributed by atoms with Crippen LogP contribution in [0.15, 0.2) is 12.2 Å². The van der Waals surface area contributed by atoms with Crippen LogP contribution in [0.25, 0.3) is 0 Å². The molecule has 2 amide bonds. The van der Waals surface area contributed by atoms with Gasteiger partial charge < -0.3 is 100 Å². The number of allylic oxidation sites excluding steroid dienone is 1. The van der Waals surface area contributed by atoms with Gasteiger partial charge in [0.1, 0.15) is 67.1 Å². The summed E-state index contributed by atoms with van der Waals surface area (Å²) in [4.78, 5) is 38.7. The number of nitrogens with one attached hydrogen (secondary N) is 2. The fraction of sp³-hybridized carbons (Fsp3) is 0.937. The Morgan fingerprint density at radius 1 is 0.510 bits per heavy atom. The molecule has 23 heteroatoms. The number of rotatable bonds is 65. The number of carboxylic acids is 1. The number of ether oxygens (including phenoxy) is 6.